The van der Waals surface area contributed by atoms with Gasteiger partial charge in [0.2, 0.25) is 5.95 Å². The van der Waals surface area contributed by atoms with Crippen molar-refractivity contribution in [2.75, 3.05) is 11.9 Å². The number of anilines is 1. The fourth-order valence-corrected chi connectivity index (χ4v) is 1.63. The molecule has 0 unspecified atom stereocenters. The summed E-state index contributed by atoms with van der Waals surface area (Å²) in [5.41, 5.74) is 1.67. The molecule has 0 aliphatic rings. The number of aryl methyl sites for hydroxylation is 2. The molecule has 0 amide bonds. The third-order valence-corrected chi connectivity index (χ3v) is 2.60. The van der Waals surface area contributed by atoms with Crippen LogP contribution in [0.15, 0.2) is 18.6 Å². The molecule has 0 aliphatic carbocycles. The maximum atomic E-state index is 10.8. The topological polar surface area (TPSA) is 92.9 Å². The molecule has 19 heavy (non-hydrogen) atoms. The maximum Gasteiger partial charge on any atom is 0.339 e. The predicted octanol–water partition coefficient (Wildman–Crippen LogP) is 1.10. The van der Waals surface area contributed by atoms with Gasteiger partial charge in [-0.15, -0.1) is 0 Å². The minimum Gasteiger partial charge on any atom is -0.478 e. The Labute approximate surface area is 110 Å². The molecular formula is C12H15N5O2. The van der Waals surface area contributed by atoms with Crippen molar-refractivity contribution in [2.45, 2.75) is 20.4 Å². The molecule has 0 bridgehead atoms. The van der Waals surface area contributed by atoms with E-state index in [0.29, 0.717) is 24.7 Å². The summed E-state index contributed by atoms with van der Waals surface area (Å²) in [7, 11) is 0. The van der Waals surface area contributed by atoms with E-state index in [4.69, 9.17) is 5.11 Å². The van der Waals surface area contributed by atoms with Crippen molar-refractivity contribution in [1.29, 1.82) is 0 Å². The summed E-state index contributed by atoms with van der Waals surface area (Å²) >= 11 is 0. The molecular weight excluding hydrogens is 246 g/mol. The van der Waals surface area contributed by atoms with Gasteiger partial charge in [0.25, 0.3) is 0 Å². The summed E-state index contributed by atoms with van der Waals surface area (Å²) in [4.78, 5) is 18.9. The van der Waals surface area contributed by atoms with Gasteiger partial charge in [-0.1, -0.05) is 0 Å². The molecule has 2 N–H and O–H groups in total. The van der Waals surface area contributed by atoms with Gasteiger partial charge in [0.05, 0.1) is 24.0 Å². The van der Waals surface area contributed by atoms with E-state index in [0.717, 1.165) is 5.56 Å². The summed E-state index contributed by atoms with van der Waals surface area (Å²) in [6.45, 7) is 4.94. The first-order valence-corrected chi connectivity index (χ1v) is 5.86. The lowest BCUT2D eigenvalue weighted by Gasteiger charge is -2.06. The lowest BCUT2D eigenvalue weighted by atomic mass is 10.2. The number of nitrogens with one attached hydrogen (secondary N) is 1. The Morgan fingerprint density at radius 1 is 1.42 bits per heavy atom. The highest BCUT2D eigenvalue weighted by atomic mass is 16.4. The first-order valence-electron chi connectivity index (χ1n) is 5.86. The highest BCUT2D eigenvalue weighted by Crippen LogP contribution is 2.06. The van der Waals surface area contributed by atoms with Crippen LogP contribution in [0.2, 0.25) is 0 Å². The predicted molar refractivity (Wildman–Crippen MR) is 69.2 cm³/mol. The van der Waals surface area contributed by atoms with Gasteiger partial charge in [-0.2, -0.15) is 5.10 Å². The van der Waals surface area contributed by atoms with Crippen LogP contribution in [0.3, 0.4) is 0 Å². The van der Waals surface area contributed by atoms with E-state index in [1.807, 2.05) is 17.8 Å². The smallest absolute Gasteiger partial charge is 0.339 e. The van der Waals surface area contributed by atoms with Gasteiger partial charge in [0.1, 0.15) is 0 Å². The number of rotatable bonds is 5. The number of hydrogen-bond donors (Lipinski definition) is 2. The van der Waals surface area contributed by atoms with Gasteiger partial charge >= 0.3 is 5.97 Å². The van der Waals surface area contributed by atoms with Gasteiger partial charge in [-0.25, -0.2) is 14.8 Å². The van der Waals surface area contributed by atoms with Gasteiger partial charge in [0, 0.05) is 18.9 Å². The average Bonchev–Trinajstić information content (AvgIpc) is 2.75. The van der Waals surface area contributed by atoms with Gasteiger partial charge < -0.3 is 10.4 Å². The van der Waals surface area contributed by atoms with Crippen LogP contribution < -0.4 is 5.32 Å². The number of nitrogens with zero attached hydrogens (tertiary/aromatic N) is 4. The quantitative estimate of drug-likeness (QED) is 0.837. The first-order chi connectivity index (χ1) is 9.06. The Morgan fingerprint density at radius 3 is 2.79 bits per heavy atom. The van der Waals surface area contributed by atoms with E-state index >= 15 is 0 Å². The highest BCUT2D eigenvalue weighted by molar-refractivity contribution is 5.88. The van der Waals surface area contributed by atoms with Crippen LogP contribution in [0, 0.1) is 13.8 Å². The second-order valence-electron chi connectivity index (χ2n) is 4.21. The molecule has 0 atom stereocenters. The zero-order valence-corrected chi connectivity index (χ0v) is 10.8. The molecule has 100 valence electrons. The molecule has 0 saturated heterocycles. The molecule has 7 nitrogen and oxygen atoms in total. The average molecular weight is 261 g/mol. The number of carboxylic acids is 1. The summed E-state index contributed by atoms with van der Waals surface area (Å²) < 4.78 is 1.82. The third kappa shape index (κ3) is 3.27. The monoisotopic (exact) mass is 261 g/mol. The maximum absolute atomic E-state index is 10.8. The van der Waals surface area contributed by atoms with Crippen LogP contribution in [0.4, 0.5) is 5.95 Å². The number of carbonyl (C=O) groups is 1. The van der Waals surface area contributed by atoms with Crippen LogP contribution in [-0.2, 0) is 6.54 Å². The van der Waals surface area contributed by atoms with Crippen molar-refractivity contribution in [3.63, 3.8) is 0 Å². The molecule has 0 radical (unpaired) electrons. The van der Waals surface area contributed by atoms with Crippen molar-refractivity contribution in [3.05, 3.63) is 35.4 Å². The first kappa shape index (κ1) is 13.0. The minimum atomic E-state index is -1.02. The SMILES string of the molecule is Cc1cnn(CCNc2ncc(C(=O)O)c(C)n2)c1. The van der Waals surface area contributed by atoms with Crippen LogP contribution in [0.25, 0.3) is 0 Å². The van der Waals surface area contributed by atoms with Crippen LogP contribution >= 0.6 is 0 Å². The van der Waals surface area contributed by atoms with E-state index in [-0.39, 0.29) is 5.56 Å². The van der Waals surface area contributed by atoms with E-state index in [1.165, 1.54) is 6.20 Å². The fourth-order valence-electron chi connectivity index (χ4n) is 1.63. The fraction of sp³-hybridized carbons (Fsp3) is 0.333. The summed E-state index contributed by atoms with van der Waals surface area (Å²) in [5.74, 6) is -0.595. The summed E-state index contributed by atoms with van der Waals surface area (Å²) in [6, 6.07) is 0. The molecule has 2 aromatic heterocycles. The molecule has 2 aromatic rings. The van der Waals surface area contributed by atoms with Gasteiger partial charge in [-0.3, -0.25) is 4.68 Å². The lowest BCUT2D eigenvalue weighted by molar-refractivity contribution is 0.0695. The van der Waals surface area contributed by atoms with E-state index < -0.39 is 5.97 Å². The number of aromatic nitrogens is 4. The molecule has 7 heteroatoms. The normalized spacial score (nSPS) is 10.4. The Morgan fingerprint density at radius 2 is 2.21 bits per heavy atom. The van der Waals surface area contributed by atoms with Crippen molar-refractivity contribution in [2.24, 2.45) is 0 Å². The second kappa shape index (κ2) is 5.47. The highest BCUT2D eigenvalue weighted by Gasteiger charge is 2.09. The Hall–Kier alpha value is -2.44. The molecule has 2 heterocycles. The minimum absolute atomic E-state index is 0.119. The van der Waals surface area contributed by atoms with Crippen molar-refractivity contribution < 1.29 is 9.90 Å². The molecule has 0 aromatic carbocycles. The van der Waals surface area contributed by atoms with E-state index in [9.17, 15) is 4.79 Å². The standard InChI is InChI=1S/C12H15N5O2/c1-8-5-15-17(7-8)4-3-13-12-14-6-10(11(18)19)9(2)16-12/h5-7H,3-4H2,1-2H3,(H,18,19)(H,13,14,16). The van der Waals surface area contributed by atoms with Crippen LogP contribution in [0.5, 0.6) is 0 Å². The van der Waals surface area contributed by atoms with Crippen LogP contribution in [-0.4, -0.2) is 37.4 Å². The molecule has 0 fully saturated rings. The molecule has 0 spiro atoms. The third-order valence-electron chi connectivity index (χ3n) is 2.60. The van der Waals surface area contributed by atoms with E-state index in [1.54, 1.807) is 13.1 Å². The Bertz CT molecular complexity index is 594. The zero-order chi connectivity index (χ0) is 13.8. The van der Waals surface area contributed by atoms with Crippen molar-refractivity contribution >= 4 is 11.9 Å². The lowest BCUT2D eigenvalue weighted by Crippen LogP contribution is -2.14. The Kier molecular flexibility index (Phi) is 3.74. The van der Waals surface area contributed by atoms with Gasteiger partial charge in [-0.05, 0) is 19.4 Å². The van der Waals surface area contributed by atoms with E-state index in [2.05, 4.69) is 20.4 Å². The van der Waals surface area contributed by atoms with Crippen LogP contribution in [0.1, 0.15) is 21.6 Å². The molecule has 0 saturated carbocycles. The zero-order valence-electron chi connectivity index (χ0n) is 10.8. The summed E-state index contributed by atoms with van der Waals surface area (Å²) in [6.07, 6.45) is 5.05. The Balaban J connectivity index is 1.93. The largest absolute Gasteiger partial charge is 0.478 e. The van der Waals surface area contributed by atoms with Crippen molar-refractivity contribution in [1.82, 2.24) is 19.7 Å². The van der Waals surface area contributed by atoms with Gasteiger partial charge in [0.15, 0.2) is 0 Å². The molecule has 2 rings (SSSR count). The second-order valence-corrected chi connectivity index (χ2v) is 4.21. The number of hydrogen-bond acceptors (Lipinski definition) is 5. The molecule has 0 aliphatic heterocycles. The van der Waals surface area contributed by atoms with Crippen molar-refractivity contribution in [3.8, 4) is 0 Å². The number of carboxylic acid groups (broad SMARTS) is 1. The summed E-state index contributed by atoms with van der Waals surface area (Å²) in [5, 5.41) is 16.1. The number of aromatic carboxylic acids is 1.